The molecule has 0 saturated heterocycles. The number of aryl methyl sites for hydroxylation is 1. The van der Waals surface area contributed by atoms with E-state index in [0.29, 0.717) is 24.5 Å². The fourth-order valence-corrected chi connectivity index (χ4v) is 2.45. The predicted octanol–water partition coefficient (Wildman–Crippen LogP) is 3.55. The van der Waals surface area contributed by atoms with Gasteiger partial charge in [0.25, 0.3) is 5.91 Å². The van der Waals surface area contributed by atoms with E-state index >= 15 is 0 Å². The topological polar surface area (TPSA) is 88.4 Å². The molecule has 0 aliphatic rings. The second-order valence-electron chi connectivity index (χ2n) is 6.42. The zero-order valence-electron chi connectivity index (χ0n) is 16.8. The first kappa shape index (κ1) is 21.7. The summed E-state index contributed by atoms with van der Waals surface area (Å²) in [5.41, 5.74) is 2.53. The highest BCUT2D eigenvalue weighted by Gasteiger charge is 2.20. The number of benzene rings is 2. The molecule has 0 fully saturated rings. The Bertz CT molecular complexity index is 909. The van der Waals surface area contributed by atoms with Crippen LogP contribution in [0.15, 0.2) is 54.1 Å². The van der Waals surface area contributed by atoms with Gasteiger partial charge in [-0.1, -0.05) is 42.0 Å². The molecule has 0 aliphatic heterocycles. The van der Waals surface area contributed by atoms with Crippen LogP contribution in [0.4, 0.5) is 0 Å². The number of nitrogens with zero attached hydrogens (tertiary/aromatic N) is 1. The molecular formula is C23H24N2O4. The van der Waals surface area contributed by atoms with Crippen LogP contribution in [0.5, 0.6) is 5.75 Å². The van der Waals surface area contributed by atoms with E-state index in [-0.39, 0.29) is 5.57 Å². The monoisotopic (exact) mass is 392 g/mol. The molecule has 1 atom stereocenters. The van der Waals surface area contributed by atoms with Crippen LogP contribution in [0.25, 0.3) is 6.08 Å². The van der Waals surface area contributed by atoms with Crippen molar-refractivity contribution in [1.82, 2.24) is 5.32 Å². The number of hydrogen-bond donors (Lipinski definition) is 1. The Balaban J connectivity index is 1.94. The third-order valence-corrected chi connectivity index (χ3v) is 4.08. The maximum absolute atomic E-state index is 12.3. The Hall–Kier alpha value is -3.59. The van der Waals surface area contributed by atoms with Crippen molar-refractivity contribution in [3.8, 4) is 11.8 Å². The normalized spacial score (nSPS) is 11.9. The van der Waals surface area contributed by atoms with E-state index in [1.54, 1.807) is 24.3 Å². The van der Waals surface area contributed by atoms with Gasteiger partial charge in [0, 0.05) is 6.54 Å². The van der Waals surface area contributed by atoms with Gasteiger partial charge in [0.15, 0.2) is 6.10 Å². The summed E-state index contributed by atoms with van der Waals surface area (Å²) < 4.78 is 10.5. The van der Waals surface area contributed by atoms with Crippen molar-refractivity contribution in [3.05, 3.63) is 70.8 Å². The molecule has 1 amide bonds. The SMILES string of the molecule is CCOc1ccc(/C=C(\C#N)C(=O)O[C@H](C)C(=O)NCc2ccc(C)cc2)cc1. The molecule has 150 valence electrons. The zero-order chi connectivity index (χ0) is 21.2. The number of ether oxygens (including phenoxy) is 2. The van der Waals surface area contributed by atoms with Crippen molar-refractivity contribution in [2.45, 2.75) is 33.4 Å². The van der Waals surface area contributed by atoms with Gasteiger partial charge < -0.3 is 14.8 Å². The Kier molecular flexibility index (Phi) is 7.99. The first-order valence-corrected chi connectivity index (χ1v) is 9.31. The van der Waals surface area contributed by atoms with Crippen molar-refractivity contribution in [3.63, 3.8) is 0 Å². The van der Waals surface area contributed by atoms with Gasteiger partial charge in [-0.2, -0.15) is 5.26 Å². The van der Waals surface area contributed by atoms with Crippen LogP contribution in [-0.2, 0) is 20.9 Å². The predicted molar refractivity (Wildman–Crippen MR) is 110 cm³/mol. The minimum atomic E-state index is -1.02. The molecule has 0 aliphatic carbocycles. The summed E-state index contributed by atoms with van der Waals surface area (Å²) in [6.07, 6.45) is 0.389. The molecule has 0 aromatic heterocycles. The van der Waals surface area contributed by atoms with Crippen LogP contribution in [0.2, 0.25) is 0 Å². The Labute approximate surface area is 170 Å². The molecule has 0 radical (unpaired) electrons. The number of carbonyl (C=O) groups is 2. The lowest BCUT2D eigenvalue weighted by atomic mass is 10.1. The van der Waals surface area contributed by atoms with Gasteiger partial charge in [0.05, 0.1) is 6.61 Å². The largest absolute Gasteiger partial charge is 0.494 e. The fraction of sp³-hybridized carbons (Fsp3) is 0.261. The van der Waals surface area contributed by atoms with Gasteiger partial charge in [0.1, 0.15) is 17.4 Å². The van der Waals surface area contributed by atoms with E-state index in [4.69, 9.17) is 9.47 Å². The molecule has 0 saturated carbocycles. The molecule has 6 heteroatoms. The van der Waals surface area contributed by atoms with Crippen molar-refractivity contribution in [2.75, 3.05) is 6.61 Å². The number of rotatable bonds is 8. The molecule has 0 unspecified atom stereocenters. The van der Waals surface area contributed by atoms with E-state index in [0.717, 1.165) is 11.1 Å². The molecule has 0 spiro atoms. The highest BCUT2D eigenvalue weighted by Crippen LogP contribution is 2.15. The van der Waals surface area contributed by atoms with E-state index in [2.05, 4.69) is 5.32 Å². The first-order valence-electron chi connectivity index (χ1n) is 9.31. The fourth-order valence-electron chi connectivity index (χ4n) is 2.45. The third-order valence-electron chi connectivity index (χ3n) is 4.08. The van der Waals surface area contributed by atoms with Crippen LogP contribution < -0.4 is 10.1 Å². The summed E-state index contributed by atoms with van der Waals surface area (Å²) in [5.74, 6) is -0.582. The number of esters is 1. The highest BCUT2D eigenvalue weighted by atomic mass is 16.5. The lowest BCUT2D eigenvalue weighted by molar-refractivity contribution is -0.150. The highest BCUT2D eigenvalue weighted by molar-refractivity contribution is 5.99. The summed E-state index contributed by atoms with van der Waals surface area (Å²) in [5, 5.41) is 12.0. The van der Waals surface area contributed by atoms with Crippen LogP contribution in [0.1, 0.15) is 30.5 Å². The molecular weight excluding hydrogens is 368 g/mol. The Morgan fingerprint density at radius 3 is 2.38 bits per heavy atom. The summed E-state index contributed by atoms with van der Waals surface area (Å²) in [6.45, 7) is 6.21. The Morgan fingerprint density at radius 2 is 1.79 bits per heavy atom. The molecule has 2 rings (SSSR count). The number of hydrogen-bond acceptors (Lipinski definition) is 5. The van der Waals surface area contributed by atoms with E-state index in [9.17, 15) is 14.9 Å². The van der Waals surface area contributed by atoms with Crippen LogP contribution in [-0.4, -0.2) is 24.6 Å². The quantitative estimate of drug-likeness (QED) is 0.422. The summed E-state index contributed by atoms with van der Waals surface area (Å²) in [6, 6.07) is 16.5. The van der Waals surface area contributed by atoms with E-state index in [1.807, 2.05) is 44.2 Å². The maximum atomic E-state index is 12.3. The smallest absolute Gasteiger partial charge is 0.349 e. The summed E-state index contributed by atoms with van der Waals surface area (Å²) in [7, 11) is 0. The van der Waals surface area contributed by atoms with Crippen molar-refractivity contribution in [1.29, 1.82) is 5.26 Å². The van der Waals surface area contributed by atoms with Crippen molar-refractivity contribution >= 4 is 18.0 Å². The second-order valence-corrected chi connectivity index (χ2v) is 6.42. The van der Waals surface area contributed by atoms with E-state index < -0.39 is 18.0 Å². The average molecular weight is 392 g/mol. The number of nitriles is 1. The zero-order valence-corrected chi connectivity index (χ0v) is 16.8. The molecule has 2 aromatic carbocycles. The van der Waals surface area contributed by atoms with Gasteiger partial charge in [0.2, 0.25) is 0 Å². The van der Waals surface area contributed by atoms with Gasteiger partial charge in [-0.3, -0.25) is 4.79 Å². The van der Waals surface area contributed by atoms with Crippen molar-refractivity contribution in [2.24, 2.45) is 0 Å². The van der Waals surface area contributed by atoms with Gasteiger partial charge >= 0.3 is 5.97 Å². The summed E-state index contributed by atoms with van der Waals surface area (Å²) in [4.78, 5) is 24.4. The molecule has 6 nitrogen and oxygen atoms in total. The average Bonchev–Trinajstić information content (AvgIpc) is 2.72. The lowest BCUT2D eigenvalue weighted by Crippen LogP contribution is -2.35. The summed E-state index contributed by atoms with van der Waals surface area (Å²) >= 11 is 0. The molecule has 0 heterocycles. The van der Waals surface area contributed by atoms with Crippen LogP contribution in [0, 0.1) is 18.3 Å². The van der Waals surface area contributed by atoms with Crippen LogP contribution in [0.3, 0.4) is 0 Å². The number of amides is 1. The molecule has 29 heavy (non-hydrogen) atoms. The first-order chi connectivity index (χ1) is 13.9. The van der Waals surface area contributed by atoms with Crippen molar-refractivity contribution < 1.29 is 19.1 Å². The minimum absolute atomic E-state index is 0.188. The molecule has 0 bridgehead atoms. The van der Waals surface area contributed by atoms with E-state index in [1.165, 1.54) is 13.0 Å². The van der Waals surface area contributed by atoms with Crippen LogP contribution >= 0.6 is 0 Å². The lowest BCUT2D eigenvalue weighted by Gasteiger charge is -2.13. The molecule has 2 aromatic rings. The maximum Gasteiger partial charge on any atom is 0.349 e. The molecule has 1 N–H and O–H groups in total. The third kappa shape index (κ3) is 6.82. The standard InChI is InChI=1S/C23H24N2O4/c1-4-28-21-11-9-18(10-12-21)13-20(14-24)23(27)29-17(3)22(26)25-15-19-7-5-16(2)6-8-19/h5-13,17H,4,15H2,1-3H3,(H,25,26)/b20-13+/t17-/m1/s1. The number of carbonyl (C=O) groups excluding carboxylic acids is 2. The van der Waals surface area contributed by atoms with Gasteiger partial charge in [-0.25, -0.2) is 4.79 Å². The Morgan fingerprint density at radius 1 is 1.14 bits per heavy atom. The minimum Gasteiger partial charge on any atom is -0.494 e. The second kappa shape index (κ2) is 10.7. The van der Waals surface area contributed by atoms with Gasteiger partial charge in [-0.05, 0) is 50.1 Å². The van der Waals surface area contributed by atoms with Gasteiger partial charge in [-0.15, -0.1) is 0 Å². The number of nitrogens with one attached hydrogen (secondary N) is 1.